The van der Waals surface area contributed by atoms with E-state index in [9.17, 15) is 4.39 Å². The zero-order valence-electron chi connectivity index (χ0n) is 11.9. The summed E-state index contributed by atoms with van der Waals surface area (Å²) < 4.78 is 19.1. The van der Waals surface area contributed by atoms with Crippen LogP contribution in [0.25, 0.3) is 0 Å². The molecule has 1 fully saturated rings. The van der Waals surface area contributed by atoms with Gasteiger partial charge in [-0.15, -0.1) is 0 Å². The first-order valence-electron chi connectivity index (χ1n) is 7.31. The van der Waals surface area contributed by atoms with Crippen LogP contribution >= 0.6 is 0 Å². The highest BCUT2D eigenvalue weighted by molar-refractivity contribution is 5.29. The summed E-state index contributed by atoms with van der Waals surface area (Å²) >= 11 is 0. The van der Waals surface area contributed by atoms with Gasteiger partial charge in [-0.05, 0) is 62.4 Å². The molecule has 3 heteroatoms. The number of rotatable bonds is 6. The molecule has 1 aromatic rings. The van der Waals surface area contributed by atoms with E-state index in [1.165, 1.54) is 18.9 Å². The Balaban J connectivity index is 2.03. The van der Waals surface area contributed by atoms with Crippen LogP contribution in [0.3, 0.4) is 0 Å². The molecular formula is C16H24FNO. The highest BCUT2D eigenvalue weighted by Crippen LogP contribution is 2.26. The Hall–Kier alpha value is -0.930. The molecule has 1 heterocycles. The van der Waals surface area contributed by atoms with Gasteiger partial charge in [0.15, 0.2) is 0 Å². The Labute approximate surface area is 115 Å². The SMILES string of the molecule is CCNC(CCC1CCCO1)c1cc(F)ccc1C. The lowest BCUT2D eigenvalue weighted by molar-refractivity contribution is 0.0996. The van der Waals surface area contributed by atoms with Crippen molar-refractivity contribution in [3.05, 3.63) is 35.1 Å². The van der Waals surface area contributed by atoms with E-state index in [0.29, 0.717) is 6.10 Å². The smallest absolute Gasteiger partial charge is 0.123 e. The van der Waals surface area contributed by atoms with Crippen LogP contribution in [0, 0.1) is 12.7 Å². The summed E-state index contributed by atoms with van der Waals surface area (Å²) in [6.07, 6.45) is 4.79. The molecule has 2 nitrogen and oxygen atoms in total. The second kappa shape index (κ2) is 7.01. The standard InChI is InChI=1S/C16H24FNO/c1-3-18-16(9-8-14-5-4-10-19-14)15-11-13(17)7-6-12(15)2/h6-7,11,14,16,18H,3-5,8-10H2,1-2H3. The van der Waals surface area contributed by atoms with Crippen molar-refractivity contribution < 1.29 is 9.13 Å². The summed E-state index contributed by atoms with van der Waals surface area (Å²) in [6.45, 7) is 5.93. The minimum Gasteiger partial charge on any atom is -0.378 e. The second-order valence-electron chi connectivity index (χ2n) is 5.32. The molecule has 0 aromatic heterocycles. The van der Waals surface area contributed by atoms with Gasteiger partial charge < -0.3 is 10.1 Å². The largest absolute Gasteiger partial charge is 0.378 e. The molecule has 0 spiro atoms. The molecule has 1 aliphatic rings. The van der Waals surface area contributed by atoms with Gasteiger partial charge in [0.1, 0.15) is 5.82 Å². The van der Waals surface area contributed by atoms with Crippen LogP contribution in [0.2, 0.25) is 0 Å². The van der Waals surface area contributed by atoms with Crippen molar-refractivity contribution in [3.8, 4) is 0 Å². The zero-order valence-corrected chi connectivity index (χ0v) is 11.9. The van der Waals surface area contributed by atoms with E-state index in [2.05, 4.69) is 12.2 Å². The summed E-state index contributed by atoms with van der Waals surface area (Å²) in [6, 6.07) is 5.28. The third kappa shape index (κ3) is 4.02. The van der Waals surface area contributed by atoms with Crippen molar-refractivity contribution >= 4 is 0 Å². The van der Waals surface area contributed by atoms with Crippen molar-refractivity contribution in [2.75, 3.05) is 13.2 Å². The topological polar surface area (TPSA) is 21.3 Å². The summed E-state index contributed by atoms with van der Waals surface area (Å²) in [5, 5.41) is 3.47. The lowest BCUT2D eigenvalue weighted by Crippen LogP contribution is -2.23. The van der Waals surface area contributed by atoms with Gasteiger partial charge in [-0.1, -0.05) is 13.0 Å². The van der Waals surface area contributed by atoms with E-state index in [1.807, 2.05) is 13.0 Å². The van der Waals surface area contributed by atoms with E-state index < -0.39 is 0 Å². The number of ether oxygens (including phenoxy) is 1. The molecule has 0 aliphatic carbocycles. The van der Waals surface area contributed by atoms with Crippen molar-refractivity contribution in [1.29, 1.82) is 0 Å². The fourth-order valence-electron chi connectivity index (χ4n) is 2.83. The Bertz CT molecular complexity index is 402. The molecule has 0 radical (unpaired) electrons. The van der Waals surface area contributed by atoms with Gasteiger partial charge in [0, 0.05) is 12.6 Å². The normalized spacial score (nSPS) is 20.7. The number of aryl methyl sites for hydroxylation is 1. The fraction of sp³-hybridized carbons (Fsp3) is 0.625. The summed E-state index contributed by atoms with van der Waals surface area (Å²) in [4.78, 5) is 0. The average Bonchev–Trinajstić information content (AvgIpc) is 2.91. The van der Waals surface area contributed by atoms with E-state index in [-0.39, 0.29) is 11.9 Å². The highest BCUT2D eigenvalue weighted by atomic mass is 19.1. The Kier molecular flexibility index (Phi) is 5.34. The number of nitrogens with one attached hydrogen (secondary N) is 1. The molecule has 1 aliphatic heterocycles. The number of hydrogen-bond donors (Lipinski definition) is 1. The molecular weight excluding hydrogens is 241 g/mol. The average molecular weight is 265 g/mol. The van der Waals surface area contributed by atoms with Crippen LogP contribution < -0.4 is 5.32 Å². The third-order valence-corrected chi connectivity index (χ3v) is 3.87. The maximum atomic E-state index is 13.4. The molecule has 0 bridgehead atoms. The highest BCUT2D eigenvalue weighted by Gasteiger charge is 2.19. The first kappa shape index (κ1) is 14.5. The van der Waals surface area contributed by atoms with Gasteiger partial charge in [-0.2, -0.15) is 0 Å². The van der Waals surface area contributed by atoms with Gasteiger partial charge in [-0.3, -0.25) is 0 Å². The van der Waals surface area contributed by atoms with Crippen LogP contribution in [-0.2, 0) is 4.74 Å². The van der Waals surface area contributed by atoms with E-state index in [1.54, 1.807) is 6.07 Å². The second-order valence-corrected chi connectivity index (χ2v) is 5.32. The van der Waals surface area contributed by atoms with Crippen molar-refractivity contribution in [2.45, 2.75) is 51.7 Å². The molecule has 2 unspecified atom stereocenters. The van der Waals surface area contributed by atoms with Crippen molar-refractivity contribution in [3.63, 3.8) is 0 Å². The minimum absolute atomic E-state index is 0.152. The molecule has 0 saturated carbocycles. The molecule has 1 aromatic carbocycles. The van der Waals surface area contributed by atoms with Gasteiger partial charge >= 0.3 is 0 Å². The maximum Gasteiger partial charge on any atom is 0.123 e. The van der Waals surface area contributed by atoms with Gasteiger partial charge in [0.25, 0.3) is 0 Å². The van der Waals surface area contributed by atoms with Crippen LogP contribution in [0.4, 0.5) is 4.39 Å². The van der Waals surface area contributed by atoms with E-state index in [4.69, 9.17) is 4.74 Å². The molecule has 2 rings (SSSR count). The van der Waals surface area contributed by atoms with E-state index in [0.717, 1.165) is 37.1 Å². The van der Waals surface area contributed by atoms with Crippen LogP contribution in [0.15, 0.2) is 18.2 Å². The number of benzene rings is 1. The van der Waals surface area contributed by atoms with Crippen LogP contribution in [-0.4, -0.2) is 19.3 Å². The Morgan fingerprint density at radius 3 is 3.00 bits per heavy atom. The molecule has 0 amide bonds. The summed E-state index contributed by atoms with van der Waals surface area (Å²) in [5.74, 6) is -0.152. The quantitative estimate of drug-likeness (QED) is 0.846. The Morgan fingerprint density at radius 1 is 1.47 bits per heavy atom. The molecule has 1 saturated heterocycles. The molecule has 1 N–H and O–H groups in total. The fourth-order valence-corrected chi connectivity index (χ4v) is 2.83. The first-order valence-corrected chi connectivity index (χ1v) is 7.31. The van der Waals surface area contributed by atoms with Gasteiger partial charge in [0.2, 0.25) is 0 Å². The van der Waals surface area contributed by atoms with Gasteiger partial charge in [0.05, 0.1) is 6.10 Å². The predicted octanol–water partition coefficient (Wildman–Crippen LogP) is 3.74. The molecule has 2 atom stereocenters. The minimum atomic E-state index is -0.152. The summed E-state index contributed by atoms with van der Waals surface area (Å²) in [7, 11) is 0. The first-order chi connectivity index (χ1) is 9.20. The maximum absolute atomic E-state index is 13.4. The molecule has 106 valence electrons. The number of hydrogen-bond acceptors (Lipinski definition) is 2. The van der Waals surface area contributed by atoms with E-state index >= 15 is 0 Å². The van der Waals surface area contributed by atoms with Crippen molar-refractivity contribution in [2.24, 2.45) is 0 Å². The zero-order chi connectivity index (χ0) is 13.7. The third-order valence-electron chi connectivity index (χ3n) is 3.87. The molecule has 19 heavy (non-hydrogen) atoms. The monoisotopic (exact) mass is 265 g/mol. The predicted molar refractivity (Wildman–Crippen MR) is 75.8 cm³/mol. The lowest BCUT2D eigenvalue weighted by atomic mass is 9.95. The Morgan fingerprint density at radius 2 is 2.32 bits per heavy atom. The lowest BCUT2D eigenvalue weighted by Gasteiger charge is -2.22. The van der Waals surface area contributed by atoms with Crippen molar-refractivity contribution in [1.82, 2.24) is 5.32 Å². The van der Waals surface area contributed by atoms with Crippen LogP contribution in [0.1, 0.15) is 49.8 Å². The number of halogens is 1. The van der Waals surface area contributed by atoms with Gasteiger partial charge in [-0.25, -0.2) is 4.39 Å². The summed E-state index contributed by atoms with van der Waals surface area (Å²) in [5.41, 5.74) is 2.24. The van der Waals surface area contributed by atoms with Crippen LogP contribution in [0.5, 0.6) is 0 Å².